The van der Waals surface area contributed by atoms with E-state index in [-0.39, 0.29) is 11.4 Å². The van der Waals surface area contributed by atoms with Gasteiger partial charge in [0.2, 0.25) is 0 Å². The number of sulfonamides is 1. The number of anilines is 2. The highest BCUT2D eigenvalue weighted by atomic mass is 32.2. The van der Waals surface area contributed by atoms with Crippen molar-refractivity contribution < 1.29 is 12.8 Å². The van der Waals surface area contributed by atoms with Crippen LogP contribution in [0.3, 0.4) is 0 Å². The molecule has 1 aromatic heterocycles. The van der Waals surface area contributed by atoms with E-state index < -0.39 is 20.7 Å². The van der Waals surface area contributed by atoms with Gasteiger partial charge >= 0.3 is 0 Å². The Morgan fingerprint density at radius 1 is 1.37 bits per heavy atom. The van der Waals surface area contributed by atoms with Gasteiger partial charge in [0.1, 0.15) is 10.7 Å². The summed E-state index contributed by atoms with van der Waals surface area (Å²) >= 11 is 0. The van der Waals surface area contributed by atoms with Gasteiger partial charge in [-0.15, -0.1) is 0 Å². The van der Waals surface area contributed by atoms with Gasteiger partial charge in [-0.2, -0.15) is 0 Å². The zero-order valence-corrected chi connectivity index (χ0v) is 10.9. The molecule has 0 bridgehead atoms. The minimum Gasteiger partial charge on any atom is -0.398 e. The molecule has 0 atom stereocenters. The maximum absolute atomic E-state index is 13.7. The van der Waals surface area contributed by atoms with E-state index in [1.807, 2.05) is 0 Å². The van der Waals surface area contributed by atoms with Crippen molar-refractivity contribution in [2.24, 2.45) is 0 Å². The van der Waals surface area contributed by atoms with Gasteiger partial charge in [-0.25, -0.2) is 12.8 Å². The first-order valence-electron chi connectivity index (χ1n) is 5.38. The third kappa shape index (κ3) is 2.82. The molecule has 5 nitrogen and oxygen atoms in total. The van der Waals surface area contributed by atoms with Gasteiger partial charge in [-0.05, 0) is 36.8 Å². The van der Waals surface area contributed by atoms with Gasteiger partial charge in [0.25, 0.3) is 10.0 Å². The number of nitrogens with two attached hydrogens (primary N) is 1. The predicted molar refractivity (Wildman–Crippen MR) is 70.6 cm³/mol. The van der Waals surface area contributed by atoms with Crippen molar-refractivity contribution in [1.82, 2.24) is 4.98 Å². The summed E-state index contributed by atoms with van der Waals surface area (Å²) in [5.41, 5.74) is 6.56. The number of pyridine rings is 1. The average Bonchev–Trinajstić information content (AvgIpc) is 2.34. The summed E-state index contributed by atoms with van der Waals surface area (Å²) in [6, 6.07) is 5.27. The molecule has 0 spiro atoms. The Balaban J connectivity index is 2.43. The number of halogens is 1. The van der Waals surface area contributed by atoms with Crippen molar-refractivity contribution in [2.75, 3.05) is 10.5 Å². The number of nitrogen functional groups attached to an aromatic ring is 1. The molecule has 0 radical (unpaired) electrons. The fourth-order valence-electron chi connectivity index (χ4n) is 1.51. The summed E-state index contributed by atoms with van der Waals surface area (Å²) in [5, 5.41) is 0. The third-order valence-corrected chi connectivity index (χ3v) is 3.92. The SMILES string of the molecule is Cc1cc(F)c(S(=O)(=O)Nc2cccnc2)cc1N. The van der Waals surface area contributed by atoms with Crippen molar-refractivity contribution in [3.63, 3.8) is 0 Å². The smallest absolute Gasteiger partial charge is 0.264 e. The fourth-order valence-corrected chi connectivity index (χ4v) is 2.65. The van der Waals surface area contributed by atoms with Crippen molar-refractivity contribution in [2.45, 2.75) is 11.8 Å². The number of hydrogen-bond acceptors (Lipinski definition) is 4. The molecule has 2 aromatic rings. The number of benzene rings is 1. The first-order chi connectivity index (χ1) is 8.90. The van der Waals surface area contributed by atoms with Gasteiger partial charge in [0.05, 0.1) is 11.9 Å². The van der Waals surface area contributed by atoms with Crippen LogP contribution in [-0.2, 0) is 10.0 Å². The largest absolute Gasteiger partial charge is 0.398 e. The second kappa shape index (κ2) is 4.85. The van der Waals surface area contributed by atoms with Crippen LogP contribution < -0.4 is 10.5 Å². The fraction of sp³-hybridized carbons (Fsp3) is 0.0833. The van der Waals surface area contributed by atoms with Crippen LogP contribution in [-0.4, -0.2) is 13.4 Å². The molecule has 3 N–H and O–H groups in total. The number of aryl methyl sites for hydroxylation is 1. The number of nitrogens with zero attached hydrogens (tertiary/aromatic N) is 1. The summed E-state index contributed by atoms with van der Waals surface area (Å²) < 4.78 is 40.1. The Hall–Kier alpha value is -2.15. The second-order valence-electron chi connectivity index (χ2n) is 3.99. The van der Waals surface area contributed by atoms with Crippen LogP contribution in [0.4, 0.5) is 15.8 Å². The Morgan fingerprint density at radius 2 is 2.11 bits per heavy atom. The van der Waals surface area contributed by atoms with Gasteiger partial charge in [-0.3, -0.25) is 9.71 Å². The van der Waals surface area contributed by atoms with E-state index in [9.17, 15) is 12.8 Å². The lowest BCUT2D eigenvalue weighted by Gasteiger charge is -2.10. The van der Waals surface area contributed by atoms with Crippen LogP contribution >= 0.6 is 0 Å². The molecule has 100 valence electrons. The monoisotopic (exact) mass is 281 g/mol. The molecule has 0 aliphatic heterocycles. The first kappa shape index (κ1) is 13.3. The van der Waals surface area contributed by atoms with E-state index in [4.69, 9.17) is 5.73 Å². The molecule has 0 aliphatic carbocycles. The maximum Gasteiger partial charge on any atom is 0.264 e. The van der Waals surface area contributed by atoms with Crippen molar-refractivity contribution in [3.05, 3.63) is 48.0 Å². The summed E-state index contributed by atoms with van der Waals surface area (Å²) in [4.78, 5) is 3.28. The van der Waals surface area contributed by atoms with E-state index >= 15 is 0 Å². The molecule has 1 aromatic carbocycles. The third-order valence-electron chi connectivity index (χ3n) is 2.52. The van der Waals surface area contributed by atoms with Crippen LogP contribution in [0.15, 0.2) is 41.6 Å². The summed E-state index contributed by atoms with van der Waals surface area (Å²) in [6.45, 7) is 1.60. The Kier molecular flexibility index (Phi) is 3.39. The maximum atomic E-state index is 13.7. The molecule has 7 heteroatoms. The zero-order valence-electron chi connectivity index (χ0n) is 10.1. The molecule has 19 heavy (non-hydrogen) atoms. The highest BCUT2D eigenvalue weighted by Gasteiger charge is 2.20. The van der Waals surface area contributed by atoms with Crippen molar-refractivity contribution in [3.8, 4) is 0 Å². The van der Waals surface area contributed by atoms with Gasteiger partial charge in [0, 0.05) is 11.9 Å². The molecule has 0 fully saturated rings. The van der Waals surface area contributed by atoms with Crippen LogP contribution in [0.5, 0.6) is 0 Å². The van der Waals surface area contributed by atoms with Crippen LogP contribution in [0.1, 0.15) is 5.56 Å². The predicted octanol–water partition coefficient (Wildman–Crippen LogP) is 1.91. The number of rotatable bonds is 3. The van der Waals surface area contributed by atoms with E-state index in [0.717, 1.165) is 12.1 Å². The van der Waals surface area contributed by atoms with Gasteiger partial charge in [0.15, 0.2) is 0 Å². The molecule has 0 aliphatic rings. The highest BCUT2D eigenvalue weighted by molar-refractivity contribution is 7.92. The molecule has 2 rings (SSSR count). The quantitative estimate of drug-likeness (QED) is 0.842. The van der Waals surface area contributed by atoms with E-state index in [0.29, 0.717) is 5.56 Å². The summed E-state index contributed by atoms with van der Waals surface area (Å²) in [6.07, 6.45) is 2.83. The van der Waals surface area contributed by atoms with Crippen molar-refractivity contribution in [1.29, 1.82) is 0 Å². The standard InChI is InChI=1S/C12H12FN3O2S/c1-8-5-10(13)12(6-11(8)14)19(17,18)16-9-3-2-4-15-7-9/h2-7,16H,14H2,1H3. The lowest BCUT2D eigenvalue weighted by Crippen LogP contribution is -2.15. The molecule has 0 amide bonds. The van der Waals surface area contributed by atoms with Gasteiger partial charge < -0.3 is 5.73 Å². The molecule has 0 unspecified atom stereocenters. The Morgan fingerprint density at radius 3 is 2.74 bits per heavy atom. The molecule has 0 saturated heterocycles. The van der Waals surface area contributed by atoms with Crippen LogP contribution in [0, 0.1) is 12.7 Å². The second-order valence-corrected chi connectivity index (χ2v) is 5.64. The minimum absolute atomic E-state index is 0.216. The van der Waals surface area contributed by atoms with E-state index in [1.165, 1.54) is 18.5 Å². The van der Waals surface area contributed by atoms with E-state index in [2.05, 4.69) is 9.71 Å². The minimum atomic E-state index is -4.03. The average molecular weight is 281 g/mol. The first-order valence-corrected chi connectivity index (χ1v) is 6.87. The number of aromatic nitrogens is 1. The highest BCUT2D eigenvalue weighted by Crippen LogP contribution is 2.23. The molecular weight excluding hydrogens is 269 g/mol. The summed E-state index contributed by atoms with van der Waals surface area (Å²) in [7, 11) is -4.03. The lowest BCUT2D eigenvalue weighted by molar-refractivity contribution is 0.570. The normalized spacial score (nSPS) is 11.3. The Bertz CT molecular complexity index is 702. The molecule has 1 heterocycles. The van der Waals surface area contributed by atoms with E-state index in [1.54, 1.807) is 13.0 Å². The number of hydrogen-bond donors (Lipinski definition) is 2. The topological polar surface area (TPSA) is 85.1 Å². The van der Waals surface area contributed by atoms with Crippen LogP contribution in [0.25, 0.3) is 0 Å². The van der Waals surface area contributed by atoms with Crippen molar-refractivity contribution >= 4 is 21.4 Å². The zero-order chi connectivity index (χ0) is 14.0. The number of nitrogens with one attached hydrogen (secondary N) is 1. The Labute approximate surface area is 110 Å². The lowest BCUT2D eigenvalue weighted by atomic mass is 10.2. The van der Waals surface area contributed by atoms with Crippen LogP contribution in [0.2, 0.25) is 0 Å². The van der Waals surface area contributed by atoms with Gasteiger partial charge in [-0.1, -0.05) is 0 Å². The summed E-state index contributed by atoms with van der Waals surface area (Å²) in [5.74, 6) is -0.844. The molecular formula is C12H12FN3O2S. The molecule has 0 saturated carbocycles.